The van der Waals surface area contributed by atoms with E-state index in [0.29, 0.717) is 22.6 Å². The summed E-state index contributed by atoms with van der Waals surface area (Å²) in [5.41, 5.74) is 2.82. The van der Waals surface area contributed by atoms with E-state index < -0.39 is 6.36 Å². The molecule has 2 aromatic heterocycles. The van der Waals surface area contributed by atoms with Gasteiger partial charge in [-0.3, -0.25) is 9.20 Å². The summed E-state index contributed by atoms with van der Waals surface area (Å²) in [4.78, 5) is 12.2. The highest BCUT2D eigenvalue weighted by Crippen LogP contribution is 2.29. The molecule has 0 spiro atoms. The van der Waals surface area contributed by atoms with Crippen molar-refractivity contribution in [1.82, 2.24) is 19.9 Å². The third-order valence-electron chi connectivity index (χ3n) is 4.58. The predicted octanol–water partition coefficient (Wildman–Crippen LogP) is 3.68. The average molecular weight is 442 g/mol. The molecule has 1 amide bonds. The summed E-state index contributed by atoms with van der Waals surface area (Å²) < 4.78 is 43.4. The first-order valence-corrected chi connectivity index (χ1v) is 9.54. The number of ether oxygens (including phenoxy) is 1. The number of aliphatic hydroxyl groups excluding tert-OH is 1. The summed E-state index contributed by atoms with van der Waals surface area (Å²) in [5, 5.41) is 19.7. The molecule has 32 heavy (non-hydrogen) atoms. The molecular formula is C22H17F3N4O3. The Morgan fingerprint density at radius 3 is 2.56 bits per heavy atom. The number of carbonyl (C=O) groups excluding carboxylic acids is 1. The van der Waals surface area contributed by atoms with E-state index in [1.807, 2.05) is 12.1 Å². The van der Waals surface area contributed by atoms with Gasteiger partial charge in [0.05, 0.1) is 6.61 Å². The van der Waals surface area contributed by atoms with Gasteiger partial charge in [-0.2, -0.15) is 0 Å². The fourth-order valence-electron chi connectivity index (χ4n) is 3.20. The van der Waals surface area contributed by atoms with Gasteiger partial charge in [-0.05, 0) is 47.5 Å². The minimum absolute atomic E-state index is 0.149. The number of aliphatic hydroxyl groups is 1. The van der Waals surface area contributed by atoms with Crippen LogP contribution in [0.3, 0.4) is 0 Å². The maximum Gasteiger partial charge on any atom is 0.573 e. The monoisotopic (exact) mass is 442 g/mol. The summed E-state index contributed by atoms with van der Waals surface area (Å²) in [6.45, 7) is -0.0100. The number of halogens is 3. The zero-order valence-electron chi connectivity index (χ0n) is 16.5. The number of nitrogens with zero attached hydrogens (tertiary/aromatic N) is 3. The number of hydrogen-bond donors (Lipinski definition) is 2. The third kappa shape index (κ3) is 4.70. The van der Waals surface area contributed by atoms with Crippen LogP contribution in [-0.2, 0) is 0 Å². The third-order valence-corrected chi connectivity index (χ3v) is 4.58. The van der Waals surface area contributed by atoms with Crippen LogP contribution >= 0.6 is 0 Å². The molecule has 2 heterocycles. The van der Waals surface area contributed by atoms with Crippen LogP contribution in [-0.4, -0.2) is 45.1 Å². The number of fused-ring (bicyclic) bond motifs is 1. The number of nitrogens with one attached hydrogen (secondary N) is 1. The van der Waals surface area contributed by atoms with Crippen molar-refractivity contribution >= 4 is 11.6 Å². The Hall–Kier alpha value is -3.92. The van der Waals surface area contributed by atoms with Gasteiger partial charge in [-0.15, -0.1) is 23.4 Å². The fourth-order valence-corrected chi connectivity index (χ4v) is 3.20. The van der Waals surface area contributed by atoms with Gasteiger partial charge in [0.1, 0.15) is 5.75 Å². The number of benzene rings is 2. The van der Waals surface area contributed by atoms with Crippen molar-refractivity contribution in [1.29, 1.82) is 0 Å². The molecule has 0 saturated heterocycles. The molecule has 164 valence electrons. The van der Waals surface area contributed by atoms with Crippen LogP contribution < -0.4 is 10.1 Å². The van der Waals surface area contributed by atoms with E-state index in [0.717, 1.165) is 11.1 Å². The lowest BCUT2D eigenvalue weighted by Gasteiger charge is -2.10. The standard InChI is InChI=1S/C22H17F3N4O3/c23-22(24,25)32-18-6-2-4-15(12-18)20-28-27-19-8-7-17(13-29(19)20)14-3-1-5-16(11-14)21(31)26-9-10-30/h1-8,11-13,30H,9-10H2,(H,26,31). The first-order valence-electron chi connectivity index (χ1n) is 9.54. The predicted molar refractivity (Wildman–Crippen MR) is 110 cm³/mol. The van der Waals surface area contributed by atoms with E-state index in [1.54, 1.807) is 40.9 Å². The topological polar surface area (TPSA) is 88.8 Å². The van der Waals surface area contributed by atoms with Crippen molar-refractivity contribution in [2.75, 3.05) is 13.2 Å². The van der Waals surface area contributed by atoms with Crippen molar-refractivity contribution in [3.05, 3.63) is 72.4 Å². The highest BCUT2D eigenvalue weighted by atomic mass is 19.4. The number of pyridine rings is 1. The Bertz CT molecular complexity index is 1270. The van der Waals surface area contributed by atoms with Crippen LogP contribution in [0.5, 0.6) is 5.75 Å². The largest absolute Gasteiger partial charge is 0.573 e. The van der Waals surface area contributed by atoms with E-state index in [1.165, 1.54) is 18.2 Å². The van der Waals surface area contributed by atoms with E-state index in [9.17, 15) is 18.0 Å². The van der Waals surface area contributed by atoms with E-state index in [2.05, 4.69) is 20.3 Å². The van der Waals surface area contributed by atoms with Crippen LogP contribution in [0.4, 0.5) is 13.2 Å². The van der Waals surface area contributed by atoms with Gasteiger partial charge in [0.2, 0.25) is 0 Å². The highest BCUT2D eigenvalue weighted by molar-refractivity contribution is 5.95. The normalized spacial score (nSPS) is 11.5. The fraction of sp³-hybridized carbons (Fsp3) is 0.136. The van der Waals surface area contributed by atoms with Crippen LogP contribution in [0.1, 0.15) is 10.4 Å². The quantitative estimate of drug-likeness (QED) is 0.476. The van der Waals surface area contributed by atoms with Gasteiger partial charge in [0.25, 0.3) is 5.91 Å². The maximum absolute atomic E-state index is 12.6. The lowest BCUT2D eigenvalue weighted by atomic mass is 10.0. The second-order valence-electron chi connectivity index (χ2n) is 6.81. The van der Waals surface area contributed by atoms with E-state index in [4.69, 9.17) is 5.11 Å². The molecular weight excluding hydrogens is 425 g/mol. The molecule has 0 fully saturated rings. The first kappa shape index (κ1) is 21.3. The number of hydrogen-bond acceptors (Lipinski definition) is 5. The Balaban J connectivity index is 1.70. The van der Waals surface area contributed by atoms with Gasteiger partial charge in [-0.25, -0.2) is 0 Å². The minimum Gasteiger partial charge on any atom is -0.406 e. The molecule has 10 heteroatoms. The van der Waals surface area contributed by atoms with E-state index >= 15 is 0 Å². The van der Waals surface area contributed by atoms with Crippen LogP contribution in [0.2, 0.25) is 0 Å². The molecule has 0 aliphatic heterocycles. The molecule has 2 aromatic carbocycles. The zero-order chi connectivity index (χ0) is 22.7. The maximum atomic E-state index is 12.6. The van der Waals surface area contributed by atoms with Gasteiger partial charge in [0.15, 0.2) is 11.5 Å². The number of alkyl halides is 3. The summed E-state index contributed by atoms with van der Waals surface area (Å²) >= 11 is 0. The highest BCUT2D eigenvalue weighted by Gasteiger charge is 2.31. The number of aromatic nitrogens is 3. The Morgan fingerprint density at radius 1 is 1.00 bits per heavy atom. The van der Waals surface area contributed by atoms with Gasteiger partial charge < -0.3 is 15.2 Å². The van der Waals surface area contributed by atoms with Crippen molar-refractivity contribution in [3.63, 3.8) is 0 Å². The van der Waals surface area contributed by atoms with Crippen LogP contribution in [0.15, 0.2) is 66.9 Å². The second-order valence-corrected chi connectivity index (χ2v) is 6.81. The molecule has 7 nitrogen and oxygen atoms in total. The number of carbonyl (C=O) groups is 1. The molecule has 0 saturated carbocycles. The van der Waals surface area contributed by atoms with Crippen molar-refractivity contribution in [2.24, 2.45) is 0 Å². The average Bonchev–Trinajstić information content (AvgIpc) is 3.20. The molecule has 0 aliphatic carbocycles. The van der Waals surface area contributed by atoms with Crippen LogP contribution in [0, 0.1) is 0 Å². The van der Waals surface area contributed by atoms with Gasteiger partial charge in [-0.1, -0.05) is 24.3 Å². The summed E-state index contributed by atoms with van der Waals surface area (Å²) in [6, 6.07) is 15.9. The molecule has 4 rings (SSSR count). The van der Waals surface area contributed by atoms with Crippen molar-refractivity contribution in [3.8, 4) is 28.3 Å². The molecule has 0 unspecified atom stereocenters. The number of rotatable bonds is 6. The molecule has 4 aromatic rings. The molecule has 0 atom stereocenters. The van der Waals surface area contributed by atoms with Gasteiger partial charge >= 0.3 is 6.36 Å². The Kier molecular flexibility index (Phi) is 5.78. The lowest BCUT2D eigenvalue weighted by Crippen LogP contribution is -2.26. The molecule has 0 bridgehead atoms. The zero-order valence-corrected chi connectivity index (χ0v) is 16.5. The molecule has 0 radical (unpaired) electrons. The SMILES string of the molecule is O=C(NCCO)c1cccc(-c2ccc3nnc(-c4cccc(OC(F)(F)F)c4)n3c2)c1. The van der Waals surface area contributed by atoms with E-state index in [-0.39, 0.29) is 24.8 Å². The summed E-state index contributed by atoms with van der Waals surface area (Å²) in [5.74, 6) is -0.329. The lowest BCUT2D eigenvalue weighted by molar-refractivity contribution is -0.274. The van der Waals surface area contributed by atoms with Crippen LogP contribution in [0.25, 0.3) is 28.2 Å². The Labute approximate surface area is 180 Å². The van der Waals surface area contributed by atoms with Crippen molar-refractivity contribution in [2.45, 2.75) is 6.36 Å². The minimum atomic E-state index is -4.80. The Morgan fingerprint density at radius 2 is 1.78 bits per heavy atom. The van der Waals surface area contributed by atoms with Gasteiger partial charge in [0, 0.05) is 23.9 Å². The van der Waals surface area contributed by atoms with Crippen molar-refractivity contribution < 1.29 is 27.8 Å². The smallest absolute Gasteiger partial charge is 0.406 e. The summed E-state index contributed by atoms with van der Waals surface area (Å²) in [6.07, 6.45) is -3.06. The molecule has 0 aliphatic rings. The first-order chi connectivity index (χ1) is 15.3. The second kappa shape index (κ2) is 8.67. The number of amides is 1. The molecule has 2 N–H and O–H groups in total. The summed E-state index contributed by atoms with van der Waals surface area (Å²) in [7, 11) is 0.